The lowest BCUT2D eigenvalue weighted by atomic mass is 10.1. The van der Waals surface area contributed by atoms with Crippen molar-refractivity contribution in [3.8, 4) is 28.5 Å². The molecule has 0 saturated carbocycles. The highest BCUT2D eigenvalue weighted by Gasteiger charge is 2.15. The van der Waals surface area contributed by atoms with Gasteiger partial charge in [-0.1, -0.05) is 0 Å². The summed E-state index contributed by atoms with van der Waals surface area (Å²) in [6.07, 6.45) is 3.11. The van der Waals surface area contributed by atoms with Crippen LogP contribution in [0.4, 0.5) is 0 Å². The molecule has 3 aromatic rings. The van der Waals surface area contributed by atoms with Crippen LogP contribution in [0.15, 0.2) is 24.7 Å². The highest BCUT2D eigenvalue weighted by Crippen LogP contribution is 2.40. The molecule has 2 aromatic heterocycles. The Morgan fingerprint density at radius 2 is 1.71 bits per heavy atom. The molecule has 0 bridgehead atoms. The molecule has 1 aromatic carbocycles. The normalized spacial score (nSPS) is 10.6. The third kappa shape index (κ3) is 2.20. The minimum Gasteiger partial charge on any atom is -0.493 e. The molecular weight excluding hydrogens is 274 g/mol. The number of ether oxygens (including phenoxy) is 3. The van der Waals surface area contributed by atoms with Crippen molar-refractivity contribution in [2.45, 2.75) is 0 Å². The first kappa shape index (κ1) is 13.1. The zero-order valence-electron chi connectivity index (χ0n) is 11.8. The quantitative estimate of drug-likeness (QED) is 0.713. The number of nitrogens with zero attached hydrogens (tertiary/aromatic N) is 5. The van der Waals surface area contributed by atoms with Crippen molar-refractivity contribution in [1.29, 1.82) is 0 Å². The molecule has 0 amide bonds. The van der Waals surface area contributed by atoms with Crippen LogP contribution in [0.5, 0.6) is 17.2 Å². The van der Waals surface area contributed by atoms with Crippen LogP contribution in [0.25, 0.3) is 17.0 Å². The Kier molecular flexibility index (Phi) is 3.27. The minimum absolute atomic E-state index is 0.418. The second-order valence-corrected chi connectivity index (χ2v) is 4.13. The predicted molar refractivity (Wildman–Crippen MR) is 73.7 cm³/mol. The number of hydrogen-bond acceptors (Lipinski definition) is 7. The Morgan fingerprint density at radius 3 is 2.33 bits per heavy atom. The number of aromatic nitrogens is 5. The van der Waals surface area contributed by atoms with Crippen molar-refractivity contribution < 1.29 is 14.2 Å². The molecule has 21 heavy (non-hydrogen) atoms. The summed E-state index contributed by atoms with van der Waals surface area (Å²) >= 11 is 0. The summed E-state index contributed by atoms with van der Waals surface area (Å²) in [7, 11) is 4.69. The smallest absolute Gasteiger partial charge is 0.272 e. The van der Waals surface area contributed by atoms with E-state index in [0.717, 1.165) is 5.56 Å². The Labute approximate surface area is 120 Å². The van der Waals surface area contributed by atoms with E-state index < -0.39 is 0 Å². The molecule has 0 unspecified atom stereocenters. The highest BCUT2D eigenvalue weighted by atomic mass is 16.5. The van der Waals surface area contributed by atoms with Gasteiger partial charge in [-0.2, -0.15) is 9.61 Å². The molecule has 0 saturated heterocycles. The van der Waals surface area contributed by atoms with Crippen LogP contribution >= 0.6 is 0 Å². The van der Waals surface area contributed by atoms with Gasteiger partial charge in [0.05, 0.1) is 33.2 Å². The van der Waals surface area contributed by atoms with Gasteiger partial charge in [-0.05, 0) is 12.1 Å². The molecule has 0 aliphatic rings. The van der Waals surface area contributed by atoms with Crippen LogP contribution < -0.4 is 14.2 Å². The van der Waals surface area contributed by atoms with Gasteiger partial charge in [0.15, 0.2) is 11.5 Å². The predicted octanol–water partition coefficient (Wildman–Crippen LogP) is 1.21. The Hall–Kier alpha value is -2.90. The van der Waals surface area contributed by atoms with E-state index in [0.29, 0.717) is 28.7 Å². The zero-order valence-corrected chi connectivity index (χ0v) is 11.8. The molecule has 0 aliphatic heterocycles. The summed E-state index contributed by atoms with van der Waals surface area (Å²) in [4.78, 5) is 4.39. The molecule has 2 heterocycles. The van der Waals surface area contributed by atoms with E-state index in [9.17, 15) is 0 Å². The first-order chi connectivity index (χ1) is 10.3. The molecule has 8 nitrogen and oxygen atoms in total. The molecule has 0 radical (unpaired) electrons. The average Bonchev–Trinajstić information content (AvgIpc) is 3.00. The van der Waals surface area contributed by atoms with E-state index in [1.54, 1.807) is 39.7 Å². The molecular formula is C13H13N5O3. The highest BCUT2D eigenvalue weighted by molar-refractivity contribution is 5.68. The molecule has 0 fully saturated rings. The second-order valence-electron chi connectivity index (χ2n) is 4.13. The van der Waals surface area contributed by atoms with Crippen LogP contribution in [0.3, 0.4) is 0 Å². The third-order valence-electron chi connectivity index (χ3n) is 3.00. The maximum Gasteiger partial charge on any atom is 0.272 e. The van der Waals surface area contributed by atoms with E-state index >= 15 is 0 Å². The standard InChI is InChI=1S/C13H13N5O3/c1-19-10-4-8(5-11(20-2)12(10)21-3)9-6-15-18-7-14-17-13(18)16-9/h4-7H,1-3H3. The number of rotatable bonds is 4. The lowest BCUT2D eigenvalue weighted by molar-refractivity contribution is 0.324. The Balaban J connectivity index is 2.16. The lowest BCUT2D eigenvalue weighted by Crippen LogP contribution is -1.98. The van der Waals surface area contributed by atoms with Gasteiger partial charge in [0.2, 0.25) is 5.75 Å². The van der Waals surface area contributed by atoms with Crippen LogP contribution in [-0.4, -0.2) is 46.1 Å². The summed E-state index contributed by atoms with van der Waals surface area (Å²) in [6.45, 7) is 0. The van der Waals surface area contributed by atoms with Crippen LogP contribution in [0, 0.1) is 0 Å². The van der Waals surface area contributed by atoms with Gasteiger partial charge in [0.1, 0.15) is 6.33 Å². The average molecular weight is 287 g/mol. The van der Waals surface area contributed by atoms with Gasteiger partial charge in [0.25, 0.3) is 5.78 Å². The summed E-state index contributed by atoms with van der Waals surface area (Å²) < 4.78 is 17.4. The fourth-order valence-corrected chi connectivity index (χ4v) is 2.00. The molecule has 0 atom stereocenters. The van der Waals surface area contributed by atoms with Crippen LogP contribution in [0.2, 0.25) is 0 Å². The van der Waals surface area contributed by atoms with Gasteiger partial charge < -0.3 is 14.2 Å². The number of hydrogen-bond donors (Lipinski definition) is 0. The van der Waals surface area contributed by atoms with Gasteiger partial charge in [-0.25, -0.2) is 4.98 Å². The van der Waals surface area contributed by atoms with Crippen molar-refractivity contribution in [2.24, 2.45) is 0 Å². The summed E-state index contributed by atoms with van der Waals surface area (Å²) in [5.41, 5.74) is 1.41. The molecule has 8 heteroatoms. The lowest BCUT2D eigenvalue weighted by Gasteiger charge is -2.13. The fourth-order valence-electron chi connectivity index (χ4n) is 2.00. The molecule has 0 N–H and O–H groups in total. The Morgan fingerprint density at radius 1 is 1.00 bits per heavy atom. The topological polar surface area (TPSA) is 83.7 Å². The number of benzene rings is 1. The van der Waals surface area contributed by atoms with Crippen molar-refractivity contribution in [3.05, 3.63) is 24.7 Å². The molecule has 0 spiro atoms. The van der Waals surface area contributed by atoms with Gasteiger partial charge in [-0.3, -0.25) is 0 Å². The zero-order chi connectivity index (χ0) is 14.8. The minimum atomic E-state index is 0.418. The molecule has 108 valence electrons. The van der Waals surface area contributed by atoms with E-state index in [2.05, 4.69) is 20.3 Å². The second kappa shape index (κ2) is 5.23. The van der Waals surface area contributed by atoms with Gasteiger partial charge >= 0.3 is 0 Å². The molecule has 0 aliphatic carbocycles. The fraction of sp³-hybridized carbons (Fsp3) is 0.231. The van der Waals surface area contributed by atoms with Crippen molar-refractivity contribution >= 4 is 5.78 Å². The van der Waals surface area contributed by atoms with Crippen LogP contribution in [0.1, 0.15) is 0 Å². The maximum absolute atomic E-state index is 5.33. The molecule has 3 rings (SSSR count). The summed E-state index contributed by atoms with van der Waals surface area (Å²) in [5.74, 6) is 2.05. The first-order valence-corrected chi connectivity index (χ1v) is 6.10. The first-order valence-electron chi connectivity index (χ1n) is 6.10. The maximum atomic E-state index is 5.33. The summed E-state index contributed by atoms with van der Waals surface area (Å²) in [6, 6.07) is 3.61. The van der Waals surface area contributed by atoms with Crippen molar-refractivity contribution in [1.82, 2.24) is 24.8 Å². The monoisotopic (exact) mass is 287 g/mol. The van der Waals surface area contributed by atoms with Gasteiger partial charge in [-0.15, -0.1) is 10.2 Å². The van der Waals surface area contributed by atoms with Gasteiger partial charge in [0, 0.05) is 5.56 Å². The SMILES string of the molecule is COc1cc(-c2cnn3cnnc3n2)cc(OC)c1OC. The van der Waals surface area contributed by atoms with Crippen molar-refractivity contribution in [2.75, 3.05) is 21.3 Å². The van der Waals surface area contributed by atoms with Crippen molar-refractivity contribution in [3.63, 3.8) is 0 Å². The summed E-state index contributed by atoms with van der Waals surface area (Å²) in [5, 5.41) is 11.8. The van der Waals surface area contributed by atoms with E-state index in [1.807, 2.05) is 0 Å². The van der Waals surface area contributed by atoms with E-state index in [1.165, 1.54) is 10.8 Å². The van der Waals surface area contributed by atoms with Crippen LogP contribution in [-0.2, 0) is 0 Å². The number of methoxy groups -OCH3 is 3. The number of fused-ring (bicyclic) bond motifs is 1. The Bertz CT molecular complexity index is 761. The van der Waals surface area contributed by atoms with E-state index in [4.69, 9.17) is 14.2 Å². The third-order valence-corrected chi connectivity index (χ3v) is 3.00. The van der Waals surface area contributed by atoms with E-state index in [-0.39, 0.29) is 0 Å². The largest absolute Gasteiger partial charge is 0.493 e.